The van der Waals surface area contributed by atoms with Gasteiger partial charge >= 0.3 is 0 Å². The largest absolute Gasteiger partial charge is 0.379 e. The van der Waals surface area contributed by atoms with Gasteiger partial charge in [-0.15, -0.1) is 0 Å². The van der Waals surface area contributed by atoms with E-state index in [9.17, 15) is 4.79 Å². The van der Waals surface area contributed by atoms with Crippen LogP contribution in [0.5, 0.6) is 0 Å². The molecule has 0 aromatic heterocycles. The molecule has 0 aromatic carbocycles. The molecule has 1 N–H and O–H groups in total. The van der Waals surface area contributed by atoms with Crippen molar-refractivity contribution < 1.29 is 9.63 Å². The molecule has 3 aliphatic rings. The zero-order valence-corrected chi connectivity index (χ0v) is 14.7. The van der Waals surface area contributed by atoms with Crippen LogP contribution < -0.4 is 5.32 Å². The minimum Gasteiger partial charge on any atom is -0.379 e. The van der Waals surface area contributed by atoms with Crippen molar-refractivity contribution in [3.8, 4) is 0 Å². The molecule has 23 heavy (non-hydrogen) atoms. The SMILES string of the molecule is CC1=NO[C@](C)(C(=O)NCC2(N3CCN(C)CC3)CCCC2)C1. The normalized spacial score (nSPS) is 31.7. The number of rotatable bonds is 4. The summed E-state index contributed by atoms with van der Waals surface area (Å²) in [6.07, 6.45) is 5.48. The van der Waals surface area contributed by atoms with E-state index in [1.807, 2.05) is 13.8 Å². The van der Waals surface area contributed by atoms with Gasteiger partial charge in [-0.3, -0.25) is 9.69 Å². The third-order valence-corrected chi connectivity index (χ3v) is 5.76. The van der Waals surface area contributed by atoms with Crippen LogP contribution in [0.3, 0.4) is 0 Å². The van der Waals surface area contributed by atoms with Gasteiger partial charge in [0.05, 0.1) is 5.71 Å². The lowest BCUT2D eigenvalue weighted by atomic mass is 9.92. The van der Waals surface area contributed by atoms with Crippen LogP contribution in [0, 0.1) is 0 Å². The van der Waals surface area contributed by atoms with Crippen molar-refractivity contribution in [2.45, 2.75) is 57.1 Å². The molecular weight excluding hydrogens is 292 g/mol. The Labute approximate surface area is 139 Å². The van der Waals surface area contributed by atoms with Crippen molar-refractivity contribution in [2.75, 3.05) is 39.8 Å². The van der Waals surface area contributed by atoms with Gasteiger partial charge in [-0.25, -0.2) is 0 Å². The number of hydrogen-bond donors (Lipinski definition) is 1. The highest BCUT2D eigenvalue weighted by Gasteiger charge is 2.44. The highest BCUT2D eigenvalue weighted by atomic mass is 16.7. The molecule has 2 heterocycles. The summed E-state index contributed by atoms with van der Waals surface area (Å²) in [6.45, 7) is 8.89. The van der Waals surface area contributed by atoms with Crippen molar-refractivity contribution in [1.82, 2.24) is 15.1 Å². The maximum atomic E-state index is 12.6. The van der Waals surface area contributed by atoms with Crippen LogP contribution in [-0.4, -0.2) is 72.3 Å². The van der Waals surface area contributed by atoms with Crippen molar-refractivity contribution in [3.63, 3.8) is 0 Å². The zero-order chi connectivity index (χ0) is 16.5. The smallest absolute Gasteiger partial charge is 0.267 e. The summed E-state index contributed by atoms with van der Waals surface area (Å²) in [5.41, 5.74) is 0.200. The minimum atomic E-state index is -0.827. The molecule has 3 rings (SSSR count). The predicted octanol–water partition coefficient (Wildman–Crippen LogP) is 1.22. The van der Waals surface area contributed by atoms with Crippen molar-refractivity contribution >= 4 is 11.6 Å². The quantitative estimate of drug-likeness (QED) is 0.845. The summed E-state index contributed by atoms with van der Waals surface area (Å²) in [6, 6.07) is 0. The Morgan fingerprint density at radius 2 is 1.91 bits per heavy atom. The third-order valence-electron chi connectivity index (χ3n) is 5.76. The number of nitrogens with zero attached hydrogens (tertiary/aromatic N) is 3. The topological polar surface area (TPSA) is 57.2 Å². The number of piperazine rings is 1. The Balaban J connectivity index is 1.61. The fourth-order valence-electron chi connectivity index (χ4n) is 4.20. The van der Waals surface area contributed by atoms with Gasteiger partial charge in [0.2, 0.25) is 5.60 Å². The lowest BCUT2D eigenvalue weighted by molar-refractivity contribution is -0.142. The summed E-state index contributed by atoms with van der Waals surface area (Å²) < 4.78 is 0. The maximum absolute atomic E-state index is 12.6. The average molecular weight is 322 g/mol. The fraction of sp³-hybridized carbons (Fsp3) is 0.882. The number of likely N-dealkylation sites (N-methyl/N-ethyl adjacent to an activating group) is 1. The molecule has 1 aliphatic carbocycles. The van der Waals surface area contributed by atoms with Crippen LogP contribution in [-0.2, 0) is 9.63 Å². The molecule has 1 saturated heterocycles. The first kappa shape index (κ1) is 16.7. The number of nitrogens with one attached hydrogen (secondary N) is 1. The summed E-state index contributed by atoms with van der Waals surface area (Å²) >= 11 is 0. The third kappa shape index (κ3) is 3.38. The predicted molar refractivity (Wildman–Crippen MR) is 90.5 cm³/mol. The lowest BCUT2D eigenvalue weighted by Crippen LogP contribution is -2.60. The first-order valence-electron chi connectivity index (χ1n) is 8.87. The van der Waals surface area contributed by atoms with E-state index in [2.05, 4.69) is 27.3 Å². The lowest BCUT2D eigenvalue weighted by Gasteiger charge is -2.45. The number of oxime groups is 1. The van der Waals surface area contributed by atoms with Gasteiger partial charge in [-0.05, 0) is 33.7 Å². The molecular formula is C17H30N4O2. The highest BCUT2D eigenvalue weighted by Crippen LogP contribution is 2.35. The molecule has 6 nitrogen and oxygen atoms in total. The highest BCUT2D eigenvalue weighted by molar-refractivity contribution is 5.94. The minimum absolute atomic E-state index is 0.0292. The van der Waals surface area contributed by atoms with Crippen LogP contribution in [0.15, 0.2) is 5.16 Å². The maximum Gasteiger partial charge on any atom is 0.267 e. The second-order valence-electron chi connectivity index (χ2n) is 7.73. The van der Waals surface area contributed by atoms with Crippen LogP contribution in [0.25, 0.3) is 0 Å². The van der Waals surface area contributed by atoms with E-state index in [-0.39, 0.29) is 11.4 Å². The van der Waals surface area contributed by atoms with Gasteiger partial charge in [-0.1, -0.05) is 18.0 Å². The number of hydrogen-bond acceptors (Lipinski definition) is 5. The van der Waals surface area contributed by atoms with E-state index in [1.54, 1.807) is 0 Å². The molecule has 0 spiro atoms. The van der Waals surface area contributed by atoms with Gasteiger partial charge in [0.25, 0.3) is 5.91 Å². The van der Waals surface area contributed by atoms with Crippen LogP contribution in [0.2, 0.25) is 0 Å². The molecule has 1 amide bonds. The summed E-state index contributed by atoms with van der Waals surface area (Å²) in [7, 11) is 2.18. The molecule has 0 unspecified atom stereocenters. The number of amides is 1. The second kappa shape index (κ2) is 6.40. The van der Waals surface area contributed by atoms with Gasteiger partial charge in [-0.2, -0.15) is 0 Å². The van der Waals surface area contributed by atoms with Crippen LogP contribution in [0.1, 0.15) is 46.0 Å². The Kier molecular flexibility index (Phi) is 4.65. The molecule has 130 valence electrons. The van der Waals surface area contributed by atoms with Crippen LogP contribution >= 0.6 is 0 Å². The molecule has 0 bridgehead atoms. The number of carbonyl (C=O) groups excluding carboxylic acids is 1. The number of carbonyl (C=O) groups is 1. The monoisotopic (exact) mass is 322 g/mol. The van der Waals surface area contributed by atoms with E-state index in [0.29, 0.717) is 6.42 Å². The Hall–Kier alpha value is -1.14. The van der Waals surface area contributed by atoms with Gasteiger partial charge in [0.1, 0.15) is 0 Å². The Bertz CT molecular complexity index is 479. The molecule has 2 fully saturated rings. The Morgan fingerprint density at radius 3 is 2.48 bits per heavy atom. The summed E-state index contributed by atoms with van der Waals surface area (Å²) in [5.74, 6) is -0.0292. The van der Waals surface area contributed by atoms with Crippen molar-refractivity contribution in [1.29, 1.82) is 0 Å². The van der Waals surface area contributed by atoms with E-state index in [1.165, 1.54) is 25.7 Å². The van der Waals surface area contributed by atoms with E-state index >= 15 is 0 Å². The summed E-state index contributed by atoms with van der Waals surface area (Å²) in [5, 5.41) is 7.13. The standard InChI is InChI=1S/C17H30N4O2/c1-14-12-16(2,23-19-14)15(22)18-13-17(6-4-5-7-17)21-10-8-20(3)9-11-21/h4-13H2,1-3H3,(H,18,22)/t16-/m0/s1. The van der Waals surface area contributed by atoms with Gasteiger partial charge in [0, 0.05) is 44.7 Å². The van der Waals surface area contributed by atoms with Gasteiger partial charge < -0.3 is 15.1 Å². The first-order chi connectivity index (χ1) is 10.9. The van der Waals surface area contributed by atoms with E-state index < -0.39 is 5.60 Å². The van der Waals surface area contributed by atoms with Gasteiger partial charge in [0.15, 0.2) is 0 Å². The summed E-state index contributed by atoms with van der Waals surface area (Å²) in [4.78, 5) is 23.0. The van der Waals surface area contributed by atoms with Crippen LogP contribution in [0.4, 0.5) is 0 Å². The second-order valence-corrected chi connectivity index (χ2v) is 7.73. The average Bonchev–Trinajstić information content (AvgIpc) is 3.14. The van der Waals surface area contributed by atoms with Crippen molar-refractivity contribution in [3.05, 3.63) is 0 Å². The zero-order valence-electron chi connectivity index (χ0n) is 14.7. The molecule has 0 radical (unpaired) electrons. The van der Waals surface area contributed by atoms with E-state index in [4.69, 9.17) is 4.84 Å². The van der Waals surface area contributed by atoms with Crippen molar-refractivity contribution in [2.24, 2.45) is 5.16 Å². The molecule has 2 aliphatic heterocycles. The Morgan fingerprint density at radius 1 is 1.26 bits per heavy atom. The molecule has 1 saturated carbocycles. The molecule has 1 atom stereocenters. The molecule has 6 heteroatoms. The fourth-order valence-corrected chi connectivity index (χ4v) is 4.20. The first-order valence-corrected chi connectivity index (χ1v) is 8.87. The van der Waals surface area contributed by atoms with E-state index in [0.717, 1.165) is 38.4 Å². The molecule has 0 aromatic rings.